The lowest BCUT2D eigenvalue weighted by Crippen LogP contribution is -2.43. The molecule has 0 aromatic rings. The van der Waals surface area contributed by atoms with Crippen LogP contribution < -0.4 is 5.32 Å². The number of hydrogen-bond acceptors (Lipinski definition) is 6. The topological polar surface area (TPSA) is 69.2 Å². The number of hydrogen-bond donors (Lipinski definition) is 2. The summed E-state index contributed by atoms with van der Waals surface area (Å²) in [6.45, 7) is 5.57. The third-order valence-corrected chi connectivity index (χ3v) is 5.53. The van der Waals surface area contributed by atoms with Crippen LogP contribution in [-0.4, -0.2) is 67.6 Å². The highest BCUT2D eigenvalue weighted by atomic mass is 28.4. The Labute approximate surface area is 117 Å². The highest BCUT2D eigenvalue weighted by molar-refractivity contribution is 6.60. The van der Waals surface area contributed by atoms with Crippen LogP contribution in [-0.2, 0) is 18.0 Å². The molecule has 0 bridgehead atoms. The molecule has 0 aromatic carbocycles. The van der Waals surface area contributed by atoms with Crippen molar-refractivity contribution in [3.8, 4) is 0 Å². The Morgan fingerprint density at radius 2 is 1.89 bits per heavy atom. The van der Waals surface area contributed by atoms with Gasteiger partial charge in [0.1, 0.15) is 0 Å². The standard InChI is InChI=1S/C12H27NO5Si/c1-5-8-18-11-12(14)10-13-7-6-9-19(15-2,16-3)17-4/h5,12-14H,1,6-11H2,2-4H3. The van der Waals surface area contributed by atoms with Crippen molar-refractivity contribution in [2.75, 3.05) is 47.6 Å². The van der Waals surface area contributed by atoms with E-state index in [1.54, 1.807) is 27.4 Å². The van der Waals surface area contributed by atoms with E-state index in [-0.39, 0.29) is 0 Å². The minimum atomic E-state index is -2.46. The largest absolute Gasteiger partial charge is 0.500 e. The summed E-state index contributed by atoms with van der Waals surface area (Å²) in [6, 6.07) is 0.743. The van der Waals surface area contributed by atoms with Gasteiger partial charge in [-0.3, -0.25) is 0 Å². The predicted octanol–water partition coefficient (Wildman–Crippen LogP) is 0.408. The van der Waals surface area contributed by atoms with Gasteiger partial charge in [0.25, 0.3) is 0 Å². The third kappa shape index (κ3) is 8.48. The SMILES string of the molecule is C=CCOCC(O)CNCCC[Si](OC)(OC)OC. The van der Waals surface area contributed by atoms with E-state index in [2.05, 4.69) is 11.9 Å². The molecule has 0 fully saturated rings. The zero-order valence-electron chi connectivity index (χ0n) is 12.2. The molecule has 0 heterocycles. The van der Waals surface area contributed by atoms with Gasteiger partial charge in [0.05, 0.1) is 19.3 Å². The van der Waals surface area contributed by atoms with Crippen molar-refractivity contribution in [2.24, 2.45) is 0 Å². The lowest BCUT2D eigenvalue weighted by molar-refractivity contribution is 0.0495. The van der Waals surface area contributed by atoms with Crippen molar-refractivity contribution in [1.29, 1.82) is 0 Å². The molecule has 7 heteroatoms. The second-order valence-electron chi connectivity index (χ2n) is 4.08. The lowest BCUT2D eigenvalue weighted by atomic mass is 10.3. The normalized spacial score (nSPS) is 13.5. The fourth-order valence-corrected chi connectivity index (χ4v) is 3.32. The third-order valence-electron chi connectivity index (χ3n) is 2.70. The molecule has 0 aliphatic heterocycles. The lowest BCUT2D eigenvalue weighted by Gasteiger charge is -2.24. The fraction of sp³-hybridized carbons (Fsp3) is 0.833. The van der Waals surface area contributed by atoms with Gasteiger partial charge in [-0.15, -0.1) is 6.58 Å². The van der Waals surface area contributed by atoms with Gasteiger partial charge >= 0.3 is 8.80 Å². The molecule has 0 aromatic heterocycles. The number of aliphatic hydroxyl groups excluding tert-OH is 1. The maximum absolute atomic E-state index is 9.59. The van der Waals surface area contributed by atoms with E-state index >= 15 is 0 Å². The number of rotatable bonds is 13. The summed E-state index contributed by atoms with van der Waals surface area (Å²) >= 11 is 0. The van der Waals surface area contributed by atoms with Crippen molar-refractivity contribution in [3.63, 3.8) is 0 Å². The van der Waals surface area contributed by atoms with E-state index in [0.717, 1.165) is 19.0 Å². The molecule has 0 amide bonds. The van der Waals surface area contributed by atoms with Crippen LogP contribution >= 0.6 is 0 Å². The minimum absolute atomic E-state index is 0.311. The van der Waals surface area contributed by atoms with Crippen molar-refractivity contribution >= 4 is 8.80 Å². The van der Waals surface area contributed by atoms with Crippen LogP contribution in [0.25, 0.3) is 0 Å². The van der Waals surface area contributed by atoms with E-state index in [0.29, 0.717) is 19.8 Å². The van der Waals surface area contributed by atoms with Gasteiger partial charge < -0.3 is 28.4 Å². The maximum Gasteiger partial charge on any atom is 0.500 e. The van der Waals surface area contributed by atoms with Crippen molar-refractivity contribution < 1.29 is 23.1 Å². The molecule has 6 nitrogen and oxygen atoms in total. The summed E-state index contributed by atoms with van der Waals surface area (Å²) in [5, 5.41) is 12.7. The van der Waals surface area contributed by atoms with Crippen LogP contribution in [0.15, 0.2) is 12.7 Å². The van der Waals surface area contributed by atoms with Gasteiger partial charge in [0.2, 0.25) is 0 Å². The number of nitrogens with one attached hydrogen (secondary N) is 1. The number of ether oxygens (including phenoxy) is 1. The van der Waals surface area contributed by atoms with E-state index < -0.39 is 14.9 Å². The Balaban J connectivity index is 3.60. The summed E-state index contributed by atoms with van der Waals surface area (Å²) in [5.74, 6) is 0. The highest BCUT2D eigenvalue weighted by Crippen LogP contribution is 2.14. The predicted molar refractivity (Wildman–Crippen MR) is 76.1 cm³/mol. The van der Waals surface area contributed by atoms with Crippen LogP contribution in [0.1, 0.15) is 6.42 Å². The van der Waals surface area contributed by atoms with Gasteiger partial charge in [-0.1, -0.05) is 6.08 Å². The van der Waals surface area contributed by atoms with Gasteiger partial charge in [-0.05, 0) is 13.0 Å². The maximum atomic E-state index is 9.59. The quantitative estimate of drug-likeness (QED) is 0.291. The molecule has 19 heavy (non-hydrogen) atoms. The van der Waals surface area contributed by atoms with Crippen molar-refractivity contribution in [3.05, 3.63) is 12.7 Å². The smallest absolute Gasteiger partial charge is 0.389 e. The fourth-order valence-electron chi connectivity index (χ4n) is 1.60. The Hall–Kier alpha value is -0.283. The first-order valence-electron chi connectivity index (χ1n) is 6.37. The molecule has 2 N–H and O–H groups in total. The summed E-state index contributed by atoms with van der Waals surface area (Å²) < 4.78 is 21.1. The summed E-state index contributed by atoms with van der Waals surface area (Å²) in [4.78, 5) is 0. The van der Waals surface area contributed by atoms with Gasteiger partial charge in [-0.25, -0.2) is 0 Å². The molecule has 0 saturated heterocycles. The molecule has 0 aliphatic rings. The van der Waals surface area contributed by atoms with Crippen LogP contribution in [0, 0.1) is 0 Å². The Kier molecular flexibility index (Phi) is 11.4. The van der Waals surface area contributed by atoms with E-state index in [9.17, 15) is 5.11 Å². The number of aliphatic hydroxyl groups is 1. The zero-order chi connectivity index (χ0) is 14.6. The molecule has 0 saturated carbocycles. The second-order valence-corrected chi connectivity index (χ2v) is 7.17. The van der Waals surface area contributed by atoms with E-state index in [1.807, 2.05) is 0 Å². The van der Waals surface area contributed by atoms with Crippen LogP contribution in [0.4, 0.5) is 0 Å². The van der Waals surface area contributed by atoms with E-state index in [4.69, 9.17) is 18.0 Å². The molecule has 0 rings (SSSR count). The molecule has 114 valence electrons. The van der Waals surface area contributed by atoms with Crippen LogP contribution in [0.2, 0.25) is 6.04 Å². The Morgan fingerprint density at radius 1 is 1.26 bits per heavy atom. The zero-order valence-corrected chi connectivity index (χ0v) is 13.2. The first kappa shape index (κ1) is 18.7. The van der Waals surface area contributed by atoms with Crippen LogP contribution in [0.3, 0.4) is 0 Å². The second kappa shape index (κ2) is 11.5. The molecular weight excluding hydrogens is 266 g/mol. The summed E-state index contributed by atoms with van der Waals surface area (Å²) in [7, 11) is 2.35. The molecular formula is C12H27NO5Si. The molecule has 0 radical (unpaired) electrons. The van der Waals surface area contributed by atoms with Crippen molar-refractivity contribution in [1.82, 2.24) is 5.32 Å². The summed E-state index contributed by atoms with van der Waals surface area (Å²) in [6.07, 6.45) is 2.02. The Morgan fingerprint density at radius 3 is 2.42 bits per heavy atom. The van der Waals surface area contributed by atoms with Crippen molar-refractivity contribution in [2.45, 2.75) is 18.6 Å². The first-order valence-corrected chi connectivity index (χ1v) is 8.30. The summed E-state index contributed by atoms with van der Waals surface area (Å²) in [5.41, 5.74) is 0. The highest BCUT2D eigenvalue weighted by Gasteiger charge is 2.36. The first-order chi connectivity index (χ1) is 9.14. The molecule has 1 atom stereocenters. The monoisotopic (exact) mass is 293 g/mol. The van der Waals surface area contributed by atoms with Crippen LogP contribution in [0.5, 0.6) is 0 Å². The van der Waals surface area contributed by atoms with Gasteiger partial charge in [0.15, 0.2) is 0 Å². The minimum Gasteiger partial charge on any atom is -0.389 e. The molecule has 0 spiro atoms. The molecule has 1 unspecified atom stereocenters. The molecule has 0 aliphatic carbocycles. The van der Waals surface area contributed by atoms with Gasteiger partial charge in [0, 0.05) is 33.9 Å². The van der Waals surface area contributed by atoms with Gasteiger partial charge in [-0.2, -0.15) is 0 Å². The average molecular weight is 293 g/mol. The Bertz CT molecular complexity index is 218. The average Bonchev–Trinajstić information content (AvgIpc) is 2.44. The van der Waals surface area contributed by atoms with E-state index in [1.165, 1.54) is 0 Å².